The SMILES string of the molecule is C#CC#CC.CO.CO.CS(=O)(=O)[O-].C[Si](C)(C)c1ccc[c-]c1-c1nccc2c1oc1ccccc12.C[Si](C)(C)c1ccccc1-c1nccc2c1oc1ccccc12.[B].[Ir].[Ir].[c-]1ccccc1-c1ccccn1.[c-]1ccccc1-c1ccccn1. The van der Waals surface area contributed by atoms with E-state index in [9.17, 15) is 0 Å². The number of hydrogen-bond donors (Lipinski definition) is 2. The zero-order valence-electron chi connectivity index (χ0n) is 50.2. The fourth-order valence-electron chi connectivity index (χ4n) is 8.50. The molecule has 6 heterocycles. The third kappa shape index (κ3) is 22.5. The first-order valence-electron chi connectivity index (χ1n) is 26.5. The van der Waals surface area contributed by atoms with Crippen molar-refractivity contribution < 1.29 is 72.2 Å². The predicted octanol–water partition coefficient (Wildman–Crippen LogP) is 13.9. The maximum Gasteiger partial charge on any atom is 0.161 e. The average Bonchev–Trinajstić information content (AvgIpc) is 1.78. The van der Waals surface area contributed by atoms with Gasteiger partial charge >= 0.3 is 0 Å². The minimum absolute atomic E-state index is 0. The second-order valence-corrected chi connectivity index (χ2v) is 31.5. The van der Waals surface area contributed by atoms with E-state index in [0.29, 0.717) is 6.26 Å². The summed E-state index contributed by atoms with van der Waals surface area (Å²) in [6.07, 6.45) is 12.7. The minimum atomic E-state index is -3.92. The van der Waals surface area contributed by atoms with Gasteiger partial charge in [0, 0.05) is 135 Å². The zero-order valence-corrected chi connectivity index (χ0v) is 57.8. The molecule has 0 unspecified atom stereocenters. The molecule has 0 amide bonds. The smallest absolute Gasteiger partial charge is 0.161 e. The summed E-state index contributed by atoms with van der Waals surface area (Å²) >= 11 is 0. The number of fused-ring (bicyclic) bond motifs is 6. The Morgan fingerprint density at radius 3 is 1.31 bits per heavy atom. The number of pyridine rings is 4. The van der Waals surface area contributed by atoms with Crippen molar-refractivity contribution in [3.05, 3.63) is 231 Å². The standard InChI is InChI=1S/C20H19NOSi.C20H18NOSi.2C11H8N.C5H4.CH4O3S.2CH4O.B.2Ir/c2*1-23(2,3)18-11-7-5-9-16(18)19-20-15(12-13-21-19)14-8-4-6-10-17(14)22-20;2*1-2-6-10(7-3-1)11-8-4-5-9-12-11;1-3-5-4-2;1-5(2,3)4;2*1-2;;;/h4-13H,1-3H3;4-8,10-13H,1-3H3;2*1-6,8-9H;1H,2H3;1H3,(H,2,3,4);2*2H,1H3;;;/q;3*-1;;;;;;;/p-1. The largest absolute Gasteiger partial charge is 0.748 e. The van der Waals surface area contributed by atoms with Crippen molar-refractivity contribution in [3.63, 3.8) is 0 Å². The molecule has 0 atom stereocenters. The number of benzene rings is 6. The van der Waals surface area contributed by atoms with Crippen molar-refractivity contribution in [1.82, 2.24) is 19.9 Å². The molecule has 0 fully saturated rings. The fourth-order valence-corrected chi connectivity index (χ4v) is 11.6. The Morgan fingerprint density at radius 1 is 0.494 bits per heavy atom. The van der Waals surface area contributed by atoms with Crippen molar-refractivity contribution in [2.45, 2.75) is 46.2 Å². The van der Waals surface area contributed by atoms with Crippen molar-refractivity contribution in [2.24, 2.45) is 0 Å². The molecule has 0 spiro atoms. The molecule has 12 aromatic rings. The Hall–Kier alpha value is -7.73. The summed E-state index contributed by atoms with van der Waals surface area (Å²) in [6, 6.07) is 72.3. The third-order valence-electron chi connectivity index (χ3n) is 12.0. The van der Waals surface area contributed by atoms with Crippen molar-refractivity contribution in [2.75, 3.05) is 20.5 Å². The van der Waals surface area contributed by atoms with Crippen molar-refractivity contribution in [3.8, 4) is 69.2 Å². The van der Waals surface area contributed by atoms with Crippen LogP contribution in [0.25, 0.3) is 88.9 Å². The van der Waals surface area contributed by atoms with Crippen LogP contribution in [0.4, 0.5) is 0 Å². The van der Waals surface area contributed by atoms with Crippen LogP contribution in [-0.2, 0) is 50.3 Å². The Kier molecular flexibility index (Phi) is 32.7. The van der Waals surface area contributed by atoms with E-state index in [2.05, 4.69) is 144 Å². The van der Waals surface area contributed by atoms with Gasteiger partial charge in [-0.05, 0) is 66.6 Å². The molecule has 6 aromatic carbocycles. The quantitative estimate of drug-likeness (QED) is 0.0701. The molecule has 0 aliphatic rings. The number of terminal acetylenes is 1. The normalized spacial score (nSPS) is 10.1. The van der Waals surface area contributed by atoms with E-state index in [4.69, 9.17) is 38.4 Å². The molecule has 87 heavy (non-hydrogen) atoms. The summed E-state index contributed by atoms with van der Waals surface area (Å²) in [5, 5.41) is 21.3. The molecule has 12 rings (SSSR count). The van der Waals surface area contributed by atoms with Crippen molar-refractivity contribution >= 4 is 88.9 Å². The molecule has 0 saturated heterocycles. The van der Waals surface area contributed by atoms with Crippen LogP contribution in [0.15, 0.2) is 222 Å². The molecule has 0 bridgehead atoms. The number of para-hydroxylation sites is 2. The molecular weight excluding hydrogens is 1490 g/mol. The Labute approximate surface area is 543 Å². The van der Waals surface area contributed by atoms with Gasteiger partial charge in [-0.25, -0.2) is 8.42 Å². The van der Waals surface area contributed by atoms with E-state index in [1.165, 1.54) is 15.9 Å². The monoisotopic (exact) mass is 1560 g/mol. The van der Waals surface area contributed by atoms with Gasteiger partial charge in [0.1, 0.15) is 22.4 Å². The molecule has 0 aliphatic heterocycles. The molecule has 11 nitrogen and oxygen atoms in total. The molecule has 5 radical (unpaired) electrons. The topological polar surface area (TPSA) is 175 Å². The van der Waals surface area contributed by atoms with Gasteiger partial charge in [-0.15, -0.1) is 113 Å². The Morgan fingerprint density at radius 2 is 0.897 bits per heavy atom. The number of hydrogen-bond acceptors (Lipinski definition) is 11. The molecule has 449 valence electrons. The number of nitrogens with zero attached hydrogens (tertiary/aromatic N) is 4. The molecule has 0 saturated carbocycles. The first-order chi connectivity index (χ1) is 40.5. The molecular formula is C70H68BIr2N4O7SSi2-4. The van der Waals surface area contributed by atoms with Crippen LogP contribution < -0.4 is 10.4 Å². The van der Waals surface area contributed by atoms with Gasteiger partial charge in [-0.1, -0.05) is 135 Å². The summed E-state index contributed by atoms with van der Waals surface area (Å²) in [6.45, 7) is 15.8. The first kappa shape index (κ1) is 75.4. The number of aliphatic hydroxyl groups excluding tert-OH is 2. The van der Waals surface area contributed by atoms with Crippen LogP contribution >= 0.6 is 0 Å². The number of furan rings is 2. The Balaban J connectivity index is 0.000000376. The van der Waals surface area contributed by atoms with E-state index in [-0.39, 0.29) is 48.6 Å². The molecule has 6 aromatic heterocycles. The van der Waals surface area contributed by atoms with Gasteiger partial charge in [0.15, 0.2) is 5.58 Å². The van der Waals surface area contributed by atoms with E-state index in [0.717, 1.165) is 97.6 Å². The first-order valence-corrected chi connectivity index (χ1v) is 35.4. The maximum atomic E-state index is 9.08. The van der Waals surface area contributed by atoms with Gasteiger partial charge in [0.05, 0.1) is 18.2 Å². The molecule has 0 aliphatic carbocycles. The summed E-state index contributed by atoms with van der Waals surface area (Å²) in [7, 11) is -4.89. The average molecular weight is 1560 g/mol. The second kappa shape index (κ2) is 37.7. The van der Waals surface area contributed by atoms with E-state index in [1.807, 2.05) is 152 Å². The number of aliphatic hydroxyl groups is 2. The summed E-state index contributed by atoms with van der Waals surface area (Å²) in [4.78, 5) is 17.8. The van der Waals surface area contributed by atoms with E-state index in [1.54, 1.807) is 19.3 Å². The minimum Gasteiger partial charge on any atom is -0.748 e. The molecule has 17 heteroatoms. The van der Waals surface area contributed by atoms with Gasteiger partial charge < -0.3 is 38.6 Å². The molecule has 2 N–H and O–H groups in total. The van der Waals surface area contributed by atoms with Crippen LogP contribution in [0.5, 0.6) is 0 Å². The Bertz CT molecular complexity index is 3870. The van der Waals surface area contributed by atoms with Crippen molar-refractivity contribution in [1.29, 1.82) is 0 Å². The van der Waals surface area contributed by atoms with Crippen LogP contribution in [-0.4, -0.2) is 88.2 Å². The van der Waals surface area contributed by atoms with Gasteiger partial charge in [0.25, 0.3) is 0 Å². The van der Waals surface area contributed by atoms with Gasteiger partial charge in [-0.2, -0.15) is 0 Å². The second-order valence-electron chi connectivity index (χ2n) is 20.0. The third-order valence-corrected chi connectivity index (χ3v) is 16.1. The summed E-state index contributed by atoms with van der Waals surface area (Å²) in [5.41, 5.74) is 11.7. The van der Waals surface area contributed by atoms with E-state index >= 15 is 0 Å². The number of aromatic nitrogens is 4. The van der Waals surface area contributed by atoms with E-state index < -0.39 is 26.3 Å². The van der Waals surface area contributed by atoms with Crippen LogP contribution in [0.3, 0.4) is 0 Å². The summed E-state index contributed by atoms with van der Waals surface area (Å²) < 4.78 is 39.5. The van der Waals surface area contributed by atoms with Crippen LogP contribution in [0, 0.1) is 42.4 Å². The maximum absolute atomic E-state index is 9.08. The van der Waals surface area contributed by atoms with Crippen LogP contribution in [0.1, 0.15) is 6.92 Å². The van der Waals surface area contributed by atoms with Gasteiger partial charge in [-0.3, -0.25) is 4.98 Å². The number of rotatable bonds is 6. The van der Waals surface area contributed by atoms with Crippen LogP contribution in [0.2, 0.25) is 39.3 Å². The summed E-state index contributed by atoms with van der Waals surface area (Å²) in [5.74, 6) is 7.08. The predicted molar refractivity (Wildman–Crippen MR) is 356 cm³/mol. The fraction of sp³-hybridized carbons (Fsp3) is 0.143. The zero-order chi connectivity index (χ0) is 61.1. The van der Waals surface area contributed by atoms with Gasteiger partial charge in [0.2, 0.25) is 0 Å².